The normalized spacial score (nSPS) is 20.1. The summed E-state index contributed by atoms with van der Waals surface area (Å²) in [6.45, 7) is 15.5. The van der Waals surface area contributed by atoms with Gasteiger partial charge in [-0.1, -0.05) is 87.6 Å². The van der Waals surface area contributed by atoms with Crippen molar-refractivity contribution >= 4 is 17.7 Å². The number of carbonyl (C=O) groups excluding carboxylic acids is 1. The fourth-order valence-corrected chi connectivity index (χ4v) is 3.81. The van der Waals surface area contributed by atoms with Crippen LogP contribution in [-0.4, -0.2) is 18.2 Å². The molecule has 5 heteroatoms. The molecule has 0 spiro atoms. The second-order valence-electron chi connectivity index (χ2n) is 8.05. The maximum atomic E-state index is 12.8. The number of benzene rings is 1. The number of rotatable bonds is 4. The number of aliphatic imine (C=N–C) groups is 1. The lowest BCUT2D eigenvalue weighted by molar-refractivity contribution is -0.119. The number of carbonyl (C=O) groups is 1. The molecule has 1 aromatic rings. The van der Waals surface area contributed by atoms with Crippen LogP contribution in [0.15, 0.2) is 102 Å². The first-order valence-electron chi connectivity index (χ1n) is 12.0. The molecule has 3 aliphatic rings. The van der Waals surface area contributed by atoms with E-state index in [0.717, 1.165) is 35.1 Å². The van der Waals surface area contributed by atoms with Crippen LogP contribution in [0.4, 0.5) is 4.39 Å². The maximum Gasteiger partial charge on any atom is 0.252 e. The highest BCUT2D eigenvalue weighted by Gasteiger charge is 2.28. The van der Waals surface area contributed by atoms with Gasteiger partial charge in [0.05, 0.1) is 5.82 Å². The number of nitrogens with zero attached hydrogens (tertiary/aromatic N) is 1. The minimum absolute atomic E-state index is 0.0598. The molecule has 35 heavy (non-hydrogen) atoms. The lowest BCUT2D eigenvalue weighted by Crippen LogP contribution is -2.29. The van der Waals surface area contributed by atoms with E-state index in [9.17, 15) is 9.18 Å². The van der Waals surface area contributed by atoms with Crippen molar-refractivity contribution in [3.63, 3.8) is 0 Å². The number of amides is 1. The Balaban J connectivity index is 0.000000263. The lowest BCUT2D eigenvalue weighted by Gasteiger charge is -2.09. The summed E-state index contributed by atoms with van der Waals surface area (Å²) in [5.41, 5.74) is 5.24. The van der Waals surface area contributed by atoms with E-state index in [0.29, 0.717) is 5.82 Å². The third kappa shape index (κ3) is 7.92. The van der Waals surface area contributed by atoms with Gasteiger partial charge < -0.3 is 10.6 Å². The first-order valence-corrected chi connectivity index (χ1v) is 12.0. The molecule has 184 valence electrons. The molecule has 1 aliphatic carbocycles. The summed E-state index contributed by atoms with van der Waals surface area (Å²) in [4.78, 5) is 16.0. The highest BCUT2D eigenvalue weighted by molar-refractivity contribution is 5.90. The molecule has 0 aromatic heterocycles. The zero-order chi connectivity index (χ0) is 25.8. The Morgan fingerprint density at radius 3 is 2.66 bits per heavy atom. The van der Waals surface area contributed by atoms with E-state index < -0.39 is 0 Å². The number of hydrogen-bond acceptors (Lipinski definition) is 3. The predicted octanol–water partition coefficient (Wildman–Crippen LogP) is 6.58. The average molecular weight is 474 g/mol. The van der Waals surface area contributed by atoms with Gasteiger partial charge in [0.1, 0.15) is 11.9 Å². The Hall–Kier alpha value is -3.73. The van der Waals surface area contributed by atoms with Crippen molar-refractivity contribution in [1.82, 2.24) is 10.6 Å². The van der Waals surface area contributed by atoms with E-state index in [4.69, 9.17) is 0 Å². The molecule has 1 aromatic carbocycles. The summed E-state index contributed by atoms with van der Waals surface area (Å²) < 4.78 is 12.8. The second kappa shape index (κ2) is 13.9. The number of nitrogens with one attached hydrogen (secondary N) is 2. The summed E-state index contributed by atoms with van der Waals surface area (Å²) in [6.07, 6.45) is 19.7. The second-order valence-corrected chi connectivity index (χ2v) is 8.05. The van der Waals surface area contributed by atoms with Crippen LogP contribution in [0.1, 0.15) is 45.2 Å². The Labute approximate surface area is 209 Å². The van der Waals surface area contributed by atoms with Gasteiger partial charge in [-0.2, -0.15) is 0 Å². The van der Waals surface area contributed by atoms with Crippen molar-refractivity contribution in [3.8, 4) is 0 Å². The van der Waals surface area contributed by atoms with E-state index in [1.54, 1.807) is 12.3 Å². The molecular weight excluding hydrogens is 437 g/mol. The quantitative estimate of drug-likeness (QED) is 0.519. The van der Waals surface area contributed by atoms with Gasteiger partial charge in [0.15, 0.2) is 0 Å². The van der Waals surface area contributed by atoms with Gasteiger partial charge in [-0.15, -0.1) is 0 Å². The molecule has 4 nitrogen and oxygen atoms in total. The highest BCUT2D eigenvalue weighted by Crippen LogP contribution is 2.24. The molecule has 4 rings (SSSR count). The molecule has 2 heterocycles. The van der Waals surface area contributed by atoms with Crippen molar-refractivity contribution in [2.45, 2.75) is 46.6 Å². The van der Waals surface area contributed by atoms with Crippen LogP contribution >= 0.6 is 0 Å². The Kier molecular flexibility index (Phi) is 10.9. The number of aryl methyl sites for hydroxylation is 1. The fourth-order valence-electron chi connectivity index (χ4n) is 3.81. The summed E-state index contributed by atoms with van der Waals surface area (Å²) in [7, 11) is 0. The van der Waals surface area contributed by atoms with E-state index in [1.807, 2.05) is 51.3 Å². The van der Waals surface area contributed by atoms with Gasteiger partial charge in [-0.25, -0.2) is 4.39 Å². The van der Waals surface area contributed by atoms with Crippen LogP contribution in [0.5, 0.6) is 0 Å². The van der Waals surface area contributed by atoms with Gasteiger partial charge in [0.25, 0.3) is 5.91 Å². The average Bonchev–Trinajstić information content (AvgIpc) is 3.09. The Bertz CT molecular complexity index is 1100. The molecule has 1 amide bonds. The summed E-state index contributed by atoms with van der Waals surface area (Å²) >= 11 is 0. The van der Waals surface area contributed by atoms with E-state index >= 15 is 0 Å². The SMILES string of the molecule is C=C(C)c1cc(F)ccc1CC.C=C1NC(=O)C(C2=CC=C(C3C=CC=NC=C3)CC=C2)N1.CC. The van der Waals surface area contributed by atoms with Gasteiger partial charge in [0, 0.05) is 18.3 Å². The van der Waals surface area contributed by atoms with E-state index in [-0.39, 0.29) is 23.7 Å². The molecule has 2 aliphatic heterocycles. The smallest absolute Gasteiger partial charge is 0.252 e. The summed E-state index contributed by atoms with van der Waals surface area (Å²) in [5.74, 6) is 0.549. The standard InChI is InChI=1S/C17H17N3O.C11H13F.C2H6/c1-12-19-16(17(21)20-12)15-5-2-4-13(7-8-15)14-6-3-10-18-11-9-14;1-4-9-5-6-10(12)7-11(9)8(2)3;1-2/h2-3,5-11,14,16,19H,1,4H2,(H,20,21);5-7H,2,4H2,1,3H3;1-2H3. The van der Waals surface area contributed by atoms with Gasteiger partial charge >= 0.3 is 0 Å². The first-order chi connectivity index (χ1) is 16.9. The first kappa shape index (κ1) is 27.5. The third-order valence-corrected chi connectivity index (χ3v) is 5.55. The maximum absolute atomic E-state index is 12.8. The fraction of sp³-hybridized carbons (Fsp3) is 0.267. The van der Waals surface area contributed by atoms with Crippen LogP contribution in [0.2, 0.25) is 0 Å². The van der Waals surface area contributed by atoms with Crippen LogP contribution in [0.3, 0.4) is 0 Å². The molecule has 2 unspecified atom stereocenters. The molecular formula is C30H36FN3O. The zero-order valence-corrected chi connectivity index (χ0v) is 21.1. The van der Waals surface area contributed by atoms with Crippen molar-refractivity contribution in [2.24, 2.45) is 10.9 Å². The van der Waals surface area contributed by atoms with Crippen LogP contribution in [0.25, 0.3) is 5.57 Å². The van der Waals surface area contributed by atoms with E-state index in [1.165, 1.54) is 11.6 Å². The van der Waals surface area contributed by atoms with Crippen LogP contribution in [-0.2, 0) is 11.2 Å². The third-order valence-electron chi connectivity index (χ3n) is 5.55. The van der Waals surface area contributed by atoms with Gasteiger partial charge in [-0.3, -0.25) is 9.79 Å². The highest BCUT2D eigenvalue weighted by atomic mass is 19.1. The molecule has 1 saturated heterocycles. The molecule has 0 saturated carbocycles. The molecule has 0 radical (unpaired) electrons. The van der Waals surface area contributed by atoms with E-state index in [2.05, 4.69) is 60.0 Å². The van der Waals surface area contributed by atoms with Gasteiger partial charge in [0.2, 0.25) is 0 Å². The number of allylic oxidation sites excluding steroid dienone is 8. The topological polar surface area (TPSA) is 53.5 Å². The molecule has 0 bridgehead atoms. The molecule has 2 atom stereocenters. The minimum Gasteiger partial charge on any atom is -0.357 e. The molecule has 2 N–H and O–H groups in total. The Morgan fingerprint density at radius 1 is 1.23 bits per heavy atom. The monoisotopic (exact) mass is 473 g/mol. The number of halogens is 1. The Morgan fingerprint density at radius 2 is 2.00 bits per heavy atom. The van der Waals surface area contributed by atoms with Crippen molar-refractivity contribution in [3.05, 3.63) is 114 Å². The largest absolute Gasteiger partial charge is 0.357 e. The lowest BCUT2D eigenvalue weighted by atomic mass is 9.95. The summed E-state index contributed by atoms with van der Waals surface area (Å²) in [6, 6.07) is 4.50. The van der Waals surface area contributed by atoms with Crippen LogP contribution in [0, 0.1) is 11.7 Å². The molecule has 1 fully saturated rings. The summed E-state index contributed by atoms with van der Waals surface area (Å²) in [5, 5.41) is 5.74. The van der Waals surface area contributed by atoms with Crippen molar-refractivity contribution in [1.29, 1.82) is 0 Å². The minimum atomic E-state index is -0.354. The van der Waals surface area contributed by atoms with Crippen molar-refractivity contribution in [2.75, 3.05) is 0 Å². The predicted molar refractivity (Wildman–Crippen MR) is 146 cm³/mol. The van der Waals surface area contributed by atoms with Crippen molar-refractivity contribution < 1.29 is 9.18 Å². The van der Waals surface area contributed by atoms with Gasteiger partial charge in [-0.05, 0) is 54.7 Å². The number of hydrogen-bond donors (Lipinski definition) is 2. The zero-order valence-electron chi connectivity index (χ0n) is 21.1. The van der Waals surface area contributed by atoms with Crippen LogP contribution < -0.4 is 10.6 Å².